The smallest absolute Gasteiger partial charge is 0.239 e. The Hall–Kier alpha value is -0.610. The maximum Gasteiger partial charge on any atom is 0.239 e. The summed E-state index contributed by atoms with van der Waals surface area (Å²) in [4.78, 5) is 16.3. The van der Waals surface area contributed by atoms with E-state index in [1.807, 2.05) is 4.90 Å². The van der Waals surface area contributed by atoms with Crippen LogP contribution in [0.4, 0.5) is 0 Å². The first-order valence-corrected chi connectivity index (χ1v) is 6.44. The molecule has 0 aromatic heterocycles. The van der Waals surface area contributed by atoms with Crippen LogP contribution in [0.1, 0.15) is 32.1 Å². The molecule has 91 valence electrons. The van der Waals surface area contributed by atoms with Gasteiger partial charge in [-0.05, 0) is 38.6 Å². The van der Waals surface area contributed by atoms with Crippen LogP contribution in [0.5, 0.6) is 0 Å². The van der Waals surface area contributed by atoms with Gasteiger partial charge in [0.05, 0.1) is 12.6 Å². The van der Waals surface area contributed by atoms with Crippen LogP contribution < -0.4 is 0 Å². The highest BCUT2D eigenvalue weighted by molar-refractivity contribution is 5.82. The first kappa shape index (κ1) is 11.9. The molecule has 2 rings (SSSR count). The van der Waals surface area contributed by atoms with Crippen molar-refractivity contribution in [2.24, 2.45) is 0 Å². The zero-order chi connectivity index (χ0) is 11.4. The summed E-state index contributed by atoms with van der Waals surface area (Å²) < 4.78 is 0. The maximum atomic E-state index is 12.3. The van der Waals surface area contributed by atoms with Gasteiger partial charge in [0.15, 0.2) is 0 Å². The van der Waals surface area contributed by atoms with Crippen molar-refractivity contribution in [1.82, 2.24) is 9.80 Å². The molecule has 0 saturated carbocycles. The van der Waals surface area contributed by atoms with E-state index in [9.17, 15) is 9.90 Å². The summed E-state index contributed by atoms with van der Waals surface area (Å²) >= 11 is 0. The lowest BCUT2D eigenvalue weighted by molar-refractivity contribution is -0.137. The monoisotopic (exact) mass is 225 g/mol. The van der Waals surface area contributed by atoms with Crippen molar-refractivity contribution >= 4 is 5.91 Å². The number of rotatable bonds is 3. The highest BCUT2D eigenvalue weighted by Crippen LogP contribution is 2.20. The SMILES string of the molecule is [O]CCN1CCCC1C(=O)N1CCCCC1. The Morgan fingerprint density at radius 1 is 1.06 bits per heavy atom. The third-order valence-electron chi connectivity index (χ3n) is 3.69. The number of hydrogen-bond donors (Lipinski definition) is 0. The summed E-state index contributed by atoms with van der Waals surface area (Å²) in [6, 6.07) is 0.00653. The molecule has 0 aromatic rings. The molecule has 0 aromatic carbocycles. The van der Waals surface area contributed by atoms with Crippen molar-refractivity contribution in [1.29, 1.82) is 0 Å². The summed E-state index contributed by atoms with van der Waals surface area (Å²) in [6.07, 6.45) is 5.53. The van der Waals surface area contributed by atoms with Crippen LogP contribution in [0.2, 0.25) is 0 Å². The fourth-order valence-corrected chi connectivity index (χ4v) is 2.82. The third-order valence-corrected chi connectivity index (χ3v) is 3.69. The predicted octanol–water partition coefficient (Wildman–Crippen LogP) is 0.894. The van der Waals surface area contributed by atoms with Crippen molar-refractivity contribution in [2.45, 2.75) is 38.1 Å². The second-order valence-corrected chi connectivity index (χ2v) is 4.78. The van der Waals surface area contributed by atoms with Gasteiger partial charge in [0.25, 0.3) is 0 Å². The van der Waals surface area contributed by atoms with E-state index in [4.69, 9.17) is 0 Å². The Kier molecular flexibility index (Phi) is 4.18. The van der Waals surface area contributed by atoms with E-state index in [0.717, 1.165) is 45.3 Å². The average Bonchev–Trinajstić information content (AvgIpc) is 2.78. The van der Waals surface area contributed by atoms with Gasteiger partial charge in [0, 0.05) is 19.6 Å². The number of hydrogen-bond acceptors (Lipinski definition) is 2. The number of carbonyl (C=O) groups is 1. The van der Waals surface area contributed by atoms with E-state index in [1.165, 1.54) is 6.42 Å². The van der Waals surface area contributed by atoms with Gasteiger partial charge in [-0.3, -0.25) is 9.69 Å². The van der Waals surface area contributed by atoms with Gasteiger partial charge in [-0.2, -0.15) is 0 Å². The van der Waals surface area contributed by atoms with Crippen LogP contribution in [0.15, 0.2) is 0 Å². The highest BCUT2D eigenvalue weighted by atomic mass is 16.3. The van der Waals surface area contributed by atoms with Crippen LogP contribution in [-0.2, 0) is 9.90 Å². The molecule has 0 N–H and O–H groups in total. The molecule has 2 fully saturated rings. The largest absolute Gasteiger partial charge is 0.341 e. The Labute approximate surface area is 97.2 Å². The first-order chi connectivity index (χ1) is 7.83. The Morgan fingerprint density at radius 2 is 1.81 bits per heavy atom. The van der Waals surface area contributed by atoms with Crippen LogP contribution in [0.25, 0.3) is 0 Å². The zero-order valence-electron chi connectivity index (χ0n) is 9.86. The lowest BCUT2D eigenvalue weighted by Crippen LogP contribution is -2.48. The number of piperidine rings is 1. The van der Waals surface area contributed by atoms with Crippen LogP contribution in [-0.4, -0.2) is 54.5 Å². The quantitative estimate of drug-likeness (QED) is 0.716. The van der Waals surface area contributed by atoms with Crippen molar-refractivity contribution < 1.29 is 9.90 Å². The molecule has 1 atom stereocenters. The van der Waals surface area contributed by atoms with Crippen LogP contribution in [0.3, 0.4) is 0 Å². The van der Waals surface area contributed by atoms with Crippen molar-refractivity contribution in [3.8, 4) is 0 Å². The summed E-state index contributed by atoms with van der Waals surface area (Å²) in [7, 11) is 0. The molecule has 16 heavy (non-hydrogen) atoms. The second-order valence-electron chi connectivity index (χ2n) is 4.78. The first-order valence-electron chi connectivity index (χ1n) is 6.44. The number of carbonyl (C=O) groups excluding carboxylic acids is 1. The van der Waals surface area contributed by atoms with Gasteiger partial charge in [0.1, 0.15) is 0 Å². The summed E-state index contributed by atoms with van der Waals surface area (Å²) in [5.74, 6) is 0.269. The Balaban J connectivity index is 1.91. The lowest BCUT2D eigenvalue weighted by atomic mass is 10.1. The number of nitrogens with zero attached hydrogens (tertiary/aromatic N) is 2. The minimum Gasteiger partial charge on any atom is -0.341 e. The van der Waals surface area contributed by atoms with Gasteiger partial charge < -0.3 is 4.90 Å². The molecule has 4 heteroatoms. The van der Waals surface area contributed by atoms with E-state index in [1.54, 1.807) is 0 Å². The van der Waals surface area contributed by atoms with Crippen molar-refractivity contribution in [3.05, 3.63) is 0 Å². The van der Waals surface area contributed by atoms with Crippen molar-refractivity contribution in [3.63, 3.8) is 0 Å². The molecule has 1 unspecified atom stereocenters. The standard InChI is InChI=1S/C12H21N2O2/c15-10-9-13-8-4-5-11(13)12(16)14-6-2-1-3-7-14/h11H,1-10H2. The molecule has 0 bridgehead atoms. The Bertz CT molecular complexity index is 239. The minimum atomic E-state index is -0.0935. The maximum absolute atomic E-state index is 12.3. The lowest BCUT2D eigenvalue weighted by Gasteiger charge is -2.32. The van der Waals surface area contributed by atoms with Crippen LogP contribution in [0, 0.1) is 0 Å². The molecular formula is C12H21N2O2. The normalized spacial score (nSPS) is 27.3. The van der Waals surface area contributed by atoms with Gasteiger partial charge >= 0.3 is 0 Å². The topological polar surface area (TPSA) is 43.5 Å². The second kappa shape index (κ2) is 5.64. The van der Waals surface area contributed by atoms with Gasteiger partial charge in [-0.15, -0.1) is 0 Å². The van der Waals surface area contributed by atoms with E-state index in [-0.39, 0.29) is 18.6 Å². The summed E-state index contributed by atoms with van der Waals surface area (Å²) in [5, 5.41) is 10.7. The molecule has 0 spiro atoms. The Morgan fingerprint density at radius 3 is 2.50 bits per heavy atom. The van der Waals surface area contributed by atoms with E-state index >= 15 is 0 Å². The van der Waals surface area contributed by atoms with Gasteiger partial charge in [-0.25, -0.2) is 5.11 Å². The van der Waals surface area contributed by atoms with Gasteiger partial charge in [-0.1, -0.05) is 0 Å². The molecule has 2 aliphatic heterocycles. The van der Waals surface area contributed by atoms with Crippen LogP contribution >= 0.6 is 0 Å². The molecule has 2 saturated heterocycles. The molecule has 1 radical (unpaired) electrons. The molecule has 4 nitrogen and oxygen atoms in total. The predicted molar refractivity (Wildman–Crippen MR) is 60.6 cm³/mol. The van der Waals surface area contributed by atoms with E-state index in [2.05, 4.69) is 4.90 Å². The highest BCUT2D eigenvalue weighted by Gasteiger charge is 2.33. The minimum absolute atomic E-state index is 0.00653. The number of likely N-dealkylation sites (tertiary alicyclic amines) is 2. The number of amides is 1. The fourth-order valence-electron chi connectivity index (χ4n) is 2.82. The van der Waals surface area contributed by atoms with E-state index in [0.29, 0.717) is 6.54 Å². The molecular weight excluding hydrogens is 204 g/mol. The molecule has 1 amide bonds. The molecule has 0 aliphatic carbocycles. The third kappa shape index (κ3) is 2.55. The van der Waals surface area contributed by atoms with E-state index < -0.39 is 0 Å². The molecule has 2 heterocycles. The summed E-state index contributed by atoms with van der Waals surface area (Å²) in [5.41, 5.74) is 0. The summed E-state index contributed by atoms with van der Waals surface area (Å²) in [6.45, 7) is 3.20. The van der Waals surface area contributed by atoms with Gasteiger partial charge in [0.2, 0.25) is 5.91 Å². The van der Waals surface area contributed by atoms with Crippen molar-refractivity contribution in [2.75, 3.05) is 32.8 Å². The zero-order valence-corrected chi connectivity index (χ0v) is 9.86. The molecule has 2 aliphatic rings. The fraction of sp³-hybridized carbons (Fsp3) is 0.917. The average molecular weight is 225 g/mol.